The van der Waals surface area contributed by atoms with E-state index in [2.05, 4.69) is 5.32 Å². The van der Waals surface area contributed by atoms with Crippen LogP contribution in [0, 0.1) is 0 Å². The summed E-state index contributed by atoms with van der Waals surface area (Å²) in [5, 5.41) is 3.07. The first-order chi connectivity index (χ1) is 17.7. The first kappa shape index (κ1) is 26.7. The van der Waals surface area contributed by atoms with Crippen LogP contribution in [-0.4, -0.2) is 61.1 Å². The standard InChI is InChI=1S/C27H33N3O6S/c1-19(26(32)28-21-10-4-3-5-11-21)29(18-20-9-8-12-22(17-20)36-2)25(31)15-16-30-27(33)23-13-6-7-14-24(23)37(30,34)35/h6-9,12-14,17,19,21H,3-5,10-11,15-16,18H2,1-2H3,(H,28,32)/t19-/m1/s1. The fourth-order valence-electron chi connectivity index (χ4n) is 4.91. The molecule has 198 valence electrons. The Hall–Kier alpha value is -3.40. The van der Waals surface area contributed by atoms with Crippen LogP contribution in [0.2, 0.25) is 0 Å². The highest BCUT2D eigenvalue weighted by molar-refractivity contribution is 7.90. The molecule has 4 rings (SSSR count). The molecular formula is C27H33N3O6S. The van der Waals surface area contributed by atoms with Gasteiger partial charge in [-0.05, 0) is 49.6 Å². The second kappa shape index (κ2) is 11.3. The molecule has 2 aliphatic rings. The number of sulfonamides is 1. The molecule has 1 atom stereocenters. The highest BCUT2D eigenvalue weighted by Crippen LogP contribution is 2.30. The Bertz CT molecular complexity index is 1270. The van der Waals surface area contributed by atoms with Gasteiger partial charge in [-0.1, -0.05) is 43.5 Å². The summed E-state index contributed by atoms with van der Waals surface area (Å²) in [5.74, 6) is -0.699. The number of benzene rings is 2. The molecule has 10 heteroatoms. The monoisotopic (exact) mass is 527 g/mol. The van der Waals surface area contributed by atoms with Gasteiger partial charge in [-0.15, -0.1) is 0 Å². The maximum absolute atomic E-state index is 13.5. The van der Waals surface area contributed by atoms with Crippen LogP contribution in [0.1, 0.15) is 61.4 Å². The first-order valence-electron chi connectivity index (χ1n) is 12.6. The third-order valence-electron chi connectivity index (χ3n) is 7.05. The molecule has 1 aliphatic carbocycles. The number of carbonyl (C=O) groups is 3. The van der Waals surface area contributed by atoms with Crippen molar-refractivity contribution in [2.75, 3.05) is 13.7 Å². The van der Waals surface area contributed by atoms with Gasteiger partial charge in [-0.2, -0.15) is 0 Å². The Labute approximate surface area is 217 Å². The van der Waals surface area contributed by atoms with Crippen molar-refractivity contribution in [2.24, 2.45) is 0 Å². The van der Waals surface area contributed by atoms with E-state index in [0.29, 0.717) is 5.75 Å². The number of fused-ring (bicyclic) bond motifs is 1. The second-order valence-corrected chi connectivity index (χ2v) is 11.4. The van der Waals surface area contributed by atoms with E-state index in [4.69, 9.17) is 4.74 Å². The van der Waals surface area contributed by atoms with Gasteiger partial charge < -0.3 is 15.0 Å². The zero-order valence-corrected chi connectivity index (χ0v) is 22.0. The molecule has 9 nitrogen and oxygen atoms in total. The van der Waals surface area contributed by atoms with Crippen molar-refractivity contribution >= 4 is 27.7 Å². The van der Waals surface area contributed by atoms with Crippen molar-refractivity contribution in [1.82, 2.24) is 14.5 Å². The maximum Gasteiger partial charge on any atom is 0.269 e. The van der Waals surface area contributed by atoms with E-state index in [0.717, 1.165) is 42.0 Å². The van der Waals surface area contributed by atoms with Gasteiger partial charge in [0.25, 0.3) is 15.9 Å². The van der Waals surface area contributed by atoms with Gasteiger partial charge in [-0.3, -0.25) is 14.4 Å². The van der Waals surface area contributed by atoms with Gasteiger partial charge in [0.15, 0.2) is 0 Å². The van der Waals surface area contributed by atoms with Crippen molar-refractivity contribution in [2.45, 2.75) is 69.0 Å². The molecule has 1 fully saturated rings. The van der Waals surface area contributed by atoms with E-state index >= 15 is 0 Å². The Kier molecular flexibility index (Phi) is 8.16. The summed E-state index contributed by atoms with van der Waals surface area (Å²) in [6.07, 6.45) is 4.86. The Morgan fingerprint density at radius 2 is 1.84 bits per heavy atom. The Balaban J connectivity index is 1.51. The summed E-state index contributed by atoms with van der Waals surface area (Å²) in [7, 11) is -2.47. The molecule has 0 saturated heterocycles. The van der Waals surface area contributed by atoms with Crippen LogP contribution in [0.25, 0.3) is 0 Å². The summed E-state index contributed by atoms with van der Waals surface area (Å²) in [5.41, 5.74) is 0.866. The molecule has 2 aromatic rings. The predicted octanol–water partition coefficient (Wildman–Crippen LogP) is 3.10. The van der Waals surface area contributed by atoms with Crippen molar-refractivity contribution in [3.8, 4) is 5.75 Å². The Morgan fingerprint density at radius 1 is 1.11 bits per heavy atom. The van der Waals surface area contributed by atoms with Crippen LogP contribution in [0.3, 0.4) is 0 Å². The number of carbonyl (C=O) groups excluding carboxylic acids is 3. The van der Waals surface area contributed by atoms with Gasteiger partial charge in [0, 0.05) is 25.6 Å². The minimum atomic E-state index is -4.02. The van der Waals surface area contributed by atoms with Crippen LogP contribution in [0.5, 0.6) is 5.75 Å². The normalized spacial score (nSPS) is 17.7. The van der Waals surface area contributed by atoms with Crippen molar-refractivity contribution in [1.29, 1.82) is 0 Å². The van der Waals surface area contributed by atoms with E-state index in [1.165, 1.54) is 17.0 Å². The fourth-order valence-corrected chi connectivity index (χ4v) is 6.48. The number of hydrogen-bond acceptors (Lipinski definition) is 6. The predicted molar refractivity (Wildman–Crippen MR) is 137 cm³/mol. The summed E-state index contributed by atoms with van der Waals surface area (Å²) in [4.78, 5) is 40.8. The minimum Gasteiger partial charge on any atom is -0.497 e. The van der Waals surface area contributed by atoms with E-state index < -0.39 is 27.9 Å². The van der Waals surface area contributed by atoms with Gasteiger partial charge in [0.2, 0.25) is 11.8 Å². The molecule has 1 aliphatic heterocycles. The van der Waals surface area contributed by atoms with E-state index in [-0.39, 0.29) is 41.9 Å². The third kappa shape index (κ3) is 5.79. The van der Waals surface area contributed by atoms with Gasteiger partial charge in [0.1, 0.15) is 16.7 Å². The molecule has 37 heavy (non-hydrogen) atoms. The van der Waals surface area contributed by atoms with E-state index in [9.17, 15) is 22.8 Å². The van der Waals surface area contributed by atoms with E-state index in [1.54, 1.807) is 44.4 Å². The molecule has 1 heterocycles. The number of nitrogens with one attached hydrogen (secondary N) is 1. The van der Waals surface area contributed by atoms with Crippen LogP contribution in [0.15, 0.2) is 53.4 Å². The second-order valence-electron chi connectivity index (χ2n) is 9.52. The summed E-state index contributed by atoms with van der Waals surface area (Å²) in [6, 6.07) is 12.5. The first-order valence-corrected chi connectivity index (χ1v) is 14.0. The molecule has 1 N–H and O–H groups in total. The number of rotatable bonds is 9. The molecule has 0 unspecified atom stereocenters. The molecule has 0 bridgehead atoms. The molecule has 0 spiro atoms. The lowest BCUT2D eigenvalue weighted by Gasteiger charge is -2.31. The number of amides is 3. The summed E-state index contributed by atoms with van der Waals surface area (Å²) >= 11 is 0. The number of methoxy groups -OCH3 is 1. The lowest BCUT2D eigenvalue weighted by atomic mass is 9.95. The molecule has 2 aromatic carbocycles. The van der Waals surface area contributed by atoms with Crippen LogP contribution < -0.4 is 10.1 Å². The van der Waals surface area contributed by atoms with Crippen LogP contribution >= 0.6 is 0 Å². The summed E-state index contributed by atoms with van der Waals surface area (Å²) in [6.45, 7) is 1.50. The van der Waals surface area contributed by atoms with Crippen molar-refractivity contribution < 1.29 is 27.5 Å². The summed E-state index contributed by atoms with van der Waals surface area (Å²) < 4.78 is 31.8. The molecule has 3 amide bonds. The fraction of sp³-hybridized carbons (Fsp3) is 0.444. The number of ether oxygens (including phenoxy) is 1. The smallest absolute Gasteiger partial charge is 0.269 e. The molecular weight excluding hydrogens is 494 g/mol. The molecule has 0 radical (unpaired) electrons. The molecule has 1 saturated carbocycles. The number of nitrogens with zero attached hydrogens (tertiary/aromatic N) is 2. The third-order valence-corrected chi connectivity index (χ3v) is 8.89. The van der Waals surface area contributed by atoms with Gasteiger partial charge >= 0.3 is 0 Å². The zero-order valence-electron chi connectivity index (χ0n) is 21.2. The Morgan fingerprint density at radius 3 is 2.54 bits per heavy atom. The largest absolute Gasteiger partial charge is 0.497 e. The van der Waals surface area contributed by atoms with Gasteiger partial charge in [-0.25, -0.2) is 12.7 Å². The van der Waals surface area contributed by atoms with E-state index in [1.807, 2.05) is 6.07 Å². The molecule has 0 aromatic heterocycles. The lowest BCUT2D eigenvalue weighted by molar-refractivity contribution is -0.141. The van der Waals surface area contributed by atoms with Crippen LogP contribution in [0.4, 0.5) is 0 Å². The van der Waals surface area contributed by atoms with Crippen LogP contribution in [-0.2, 0) is 26.2 Å². The van der Waals surface area contributed by atoms with Crippen molar-refractivity contribution in [3.05, 3.63) is 59.7 Å². The average molecular weight is 528 g/mol. The topological polar surface area (TPSA) is 113 Å². The SMILES string of the molecule is COc1cccc(CN(C(=O)CCN2C(=O)c3ccccc3S2(=O)=O)[C@H](C)C(=O)NC2CCCCC2)c1. The highest BCUT2D eigenvalue weighted by atomic mass is 32.2. The minimum absolute atomic E-state index is 0.0547. The zero-order chi connectivity index (χ0) is 26.6. The highest BCUT2D eigenvalue weighted by Gasteiger charge is 2.41. The lowest BCUT2D eigenvalue weighted by Crippen LogP contribution is -2.50. The quantitative estimate of drug-likeness (QED) is 0.536. The number of hydrogen-bond donors (Lipinski definition) is 1. The average Bonchev–Trinajstić information content (AvgIpc) is 3.10. The maximum atomic E-state index is 13.5. The van der Waals surface area contributed by atoms with Gasteiger partial charge in [0.05, 0.1) is 12.7 Å². The van der Waals surface area contributed by atoms with Crippen molar-refractivity contribution in [3.63, 3.8) is 0 Å².